The van der Waals surface area contributed by atoms with Gasteiger partial charge in [-0.1, -0.05) is 25.0 Å². The highest BCUT2D eigenvalue weighted by Gasteiger charge is 2.37. The number of benzene rings is 1. The number of fused-ring (bicyclic) bond motifs is 1. The number of ether oxygens (including phenoxy) is 1. The van der Waals surface area contributed by atoms with E-state index in [9.17, 15) is 9.59 Å². The Morgan fingerprint density at radius 3 is 2.88 bits per heavy atom. The largest absolute Gasteiger partial charge is 0.374 e. The summed E-state index contributed by atoms with van der Waals surface area (Å²) >= 11 is 0. The summed E-state index contributed by atoms with van der Waals surface area (Å²) in [6, 6.07) is 8.01. The molecule has 0 aromatic heterocycles. The smallest absolute Gasteiger partial charge is 0.254 e. The second-order valence-corrected chi connectivity index (χ2v) is 7.38. The fourth-order valence-corrected chi connectivity index (χ4v) is 4.41. The Balaban J connectivity index is 1.49. The molecule has 2 heterocycles. The van der Waals surface area contributed by atoms with Crippen molar-refractivity contribution in [2.75, 3.05) is 19.7 Å². The van der Waals surface area contributed by atoms with Crippen LogP contribution in [0.4, 0.5) is 0 Å². The Labute approximate surface area is 148 Å². The average molecular weight is 342 g/mol. The Hall–Kier alpha value is -1.88. The summed E-state index contributed by atoms with van der Waals surface area (Å²) in [6.45, 7) is 2.74. The number of nitrogens with zero attached hydrogens (tertiary/aromatic N) is 2. The minimum absolute atomic E-state index is 0.106. The molecule has 2 saturated heterocycles. The summed E-state index contributed by atoms with van der Waals surface area (Å²) in [4.78, 5) is 28.8. The Bertz CT molecular complexity index is 658. The van der Waals surface area contributed by atoms with Crippen LogP contribution in [0.15, 0.2) is 24.3 Å². The lowest BCUT2D eigenvalue weighted by Gasteiger charge is -2.43. The van der Waals surface area contributed by atoms with Gasteiger partial charge in [-0.3, -0.25) is 9.59 Å². The molecule has 134 valence electrons. The zero-order chi connectivity index (χ0) is 17.2. The van der Waals surface area contributed by atoms with E-state index in [0.29, 0.717) is 26.1 Å². The van der Waals surface area contributed by atoms with Crippen molar-refractivity contribution in [1.82, 2.24) is 9.80 Å². The van der Waals surface area contributed by atoms with E-state index >= 15 is 0 Å². The summed E-state index contributed by atoms with van der Waals surface area (Å²) in [5, 5.41) is 0. The van der Waals surface area contributed by atoms with Crippen molar-refractivity contribution >= 4 is 11.8 Å². The van der Waals surface area contributed by atoms with Crippen molar-refractivity contribution in [1.29, 1.82) is 0 Å². The fourth-order valence-electron chi connectivity index (χ4n) is 4.41. The minimum Gasteiger partial charge on any atom is -0.374 e. The molecule has 0 bridgehead atoms. The molecule has 3 fully saturated rings. The molecule has 5 nitrogen and oxygen atoms in total. The number of carbonyl (C=O) groups excluding carboxylic acids is 2. The van der Waals surface area contributed by atoms with E-state index < -0.39 is 0 Å². The number of likely N-dealkylation sites (tertiary alicyclic amines) is 1. The van der Waals surface area contributed by atoms with Crippen molar-refractivity contribution in [3.8, 4) is 0 Å². The number of rotatable bonds is 3. The van der Waals surface area contributed by atoms with Gasteiger partial charge in [-0.2, -0.15) is 0 Å². The first-order valence-electron chi connectivity index (χ1n) is 9.52. The third-order valence-corrected chi connectivity index (χ3v) is 5.71. The average Bonchev–Trinajstić information content (AvgIpc) is 3.05. The predicted molar refractivity (Wildman–Crippen MR) is 94.1 cm³/mol. The molecule has 4 rings (SSSR count). The second kappa shape index (κ2) is 7.16. The first-order chi connectivity index (χ1) is 12.2. The first kappa shape index (κ1) is 16.6. The van der Waals surface area contributed by atoms with Gasteiger partial charge >= 0.3 is 0 Å². The molecule has 0 radical (unpaired) electrons. The molecular formula is C20H26N2O3. The predicted octanol–water partition coefficient (Wildman–Crippen LogP) is 2.59. The Morgan fingerprint density at radius 1 is 1.16 bits per heavy atom. The Morgan fingerprint density at radius 2 is 2.04 bits per heavy atom. The molecule has 5 heteroatoms. The van der Waals surface area contributed by atoms with E-state index in [1.54, 1.807) is 0 Å². The molecule has 2 aliphatic heterocycles. The van der Waals surface area contributed by atoms with Gasteiger partial charge in [0.25, 0.3) is 5.91 Å². The quantitative estimate of drug-likeness (QED) is 0.848. The van der Waals surface area contributed by atoms with Crippen LogP contribution in [0.5, 0.6) is 0 Å². The van der Waals surface area contributed by atoms with E-state index in [2.05, 4.69) is 0 Å². The van der Waals surface area contributed by atoms with Crippen molar-refractivity contribution in [2.24, 2.45) is 0 Å². The lowest BCUT2D eigenvalue weighted by atomic mass is 9.89. The van der Waals surface area contributed by atoms with Crippen molar-refractivity contribution in [3.63, 3.8) is 0 Å². The van der Waals surface area contributed by atoms with Gasteiger partial charge in [0.15, 0.2) is 0 Å². The molecule has 3 aliphatic rings. The third-order valence-electron chi connectivity index (χ3n) is 5.71. The van der Waals surface area contributed by atoms with Crippen molar-refractivity contribution in [3.05, 3.63) is 35.4 Å². The molecule has 1 saturated carbocycles. The van der Waals surface area contributed by atoms with Gasteiger partial charge in [0.1, 0.15) is 0 Å². The lowest BCUT2D eigenvalue weighted by Crippen LogP contribution is -2.54. The maximum Gasteiger partial charge on any atom is 0.254 e. The van der Waals surface area contributed by atoms with Crippen LogP contribution in [0.2, 0.25) is 0 Å². The monoisotopic (exact) mass is 342 g/mol. The maximum atomic E-state index is 13.1. The topological polar surface area (TPSA) is 49.9 Å². The molecule has 0 unspecified atom stereocenters. The molecule has 1 aromatic carbocycles. The van der Waals surface area contributed by atoms with Crippen LogP contribution in [0, 0.1) is 0 Å². The molecule has 0 spiro atoms. The normalized spacial score (nSPS) is 26.6. The van der Waals surface area contributed by atoms with Gasteiger partial charge in [0.05, 0.1) is 18.8 Å². The van der Waals surface area contributed by atoms with Crippen LogP contribution in [0.25, 0.3) is 0 Å². The second-order valence-electron chi connectivity index (χ2n) is 7.38. The number of carbonyl (C=O) groups is 2. The summed E-state index contributed by atoms with van der Waals surface area (Å²) in [6.07, 6.45) is 6.26. The highest BCUT2D eigenvalue weighted by atomic mass is 16.5. The third kappa shape index (κ3) is 3.43. The first-order valence-corrected chi connectivity index (χ1v) is 9.52. The van der Waals surface area contributed by atoms with Crippen LogP contribution in [-0.4, -0.2) is 53.5 Å². The van der Waals surface area contributed by atoms with Crippen LogP contribution in [0.3, 0.4) is 0 Å². The maximum absolute atomic E-state index is 13.1. The number of hydrogen-bond donors (Lipinski definition) is 0. The zero-order valence-electron chi connectivity index (χ0n) is 14.7. The van der Waals surface area contributed by atoms with Gasteiger partial charge in [-0.25, -0.2) is 0 Å². The van der Waals surface area contributed by atoms with Crippen LogP contribution < -0.4 is 0 Å². The van der Waals surface area contributed by atoms with E-state index in [1.165, 1.54) is 12.8 Å². The SMILES string of the molecule is O=C1CCCN1Cc1cccc(C(=O)N2CCO[C@@H]3CCCC[C@@H]32)c1. The minimum atomic E-state index is 0.106. The summed E-state index contributed by atoms with van der Waals surface area (Å²) < 4.78 is 5.88. The standard InChI is InChI=1S/C20H26N2O3/c23-19-9-4-10-21(19)14-15-5-3-6-16(13-15)20(24)22-11-12-25-18-8-2-1-7-17(18)22/h3,5-6,13,17-18H,1-2,4,7-12,14H2/t17-,18+/m0/s1. The lowest BCUT2D eigenvalue weighted by molar-refractivity contribution is -0.128. The molecule has 1 aliphatic carbocycles. The summed E-state index contributed by atoms with van der Waals surface area (Å²) in [7, 11) is 0. The van der Waals surface area contributed by atoms with E-state index in [0.717, 1.165) is 36.9 Å². The highest BCUT2D eigenvalue weighted by Crippen LogP contribution is 2.29. The van der Waals surface area contributed by atoms with E-state index in [-0.39, 0.29) is 24.0 Å². The van der Waals surface area contributed by atoms with Gasteiger partial charge < -0.3 is 14.5 Å². The van der Waals surface area contributed by atoms with Crippen molar-refractivity contribution in [2.45, 2.75) is 57.2 Å². The van der Waals surface area contributed by atoms with Gasteiger partial charge in [0, 0.05) is 31.6 Å². The van der Waals surface area contributed by atoms with E-state index in [4.69, 9.17) is 4.74 Å². The molecule has 2 atom stereocenters. The van der Waals surface area contributed by atoms with Crippen LogP contribution in [0.1, 0.15) is 54.4 Å². The molecular weight excluding hydrogens is 316 g/mol. The van der Waals surface area contributed by atoms with Crippen molar-refractivity contribution < 1.29 is 14.3 Å². The molecule has 25 heavy (non-hydrogen) atoms. The van der Waals surface area contributed by atoms with Gasteiger partial charge in [-0.05, 0) is 37.0 Å². The molecule has 2 amide bonds. The highest BCUT2D eigenvalue weighted by molar-refractivity contribution is 5.94. The number of amides is 2. The van der Waals surface area contributed by atoms with Gasteiger partial charge in [0.2, 0.25) is 5.91 Å². The number of morpholine rings is 1. The van der Waals surface area contributed by atoms with Crippen LogP contribution >= 0.6 is 0 Å². The summed E-state index contributed by atoms with van der Waals surface area (Å²) in [5.41, 5.74) is 1.77. The Kier molecular flexibility index (Phi) is 4.75. The molecule has 1 aromatic rings. The zero-order valence-corrected chi connectivity index (χ0v) is 14.7. The van der Waals surface area contributed by atoms with Crippen LogP contribution in [-0.2, 0) is 16.1 Å². The van der Waals surface area contributed by atoms with E-state index in [1.807, 2.05) is 34.1 Å². The number of hydrogen-bond acceptors (Lipinski definition) is 3. The molecule has 0 N–H and O–H groups in total. The van der Waals surface area contributed by atoms with Gasteiger partial charge in [-0.15, -0.1) is 0 Å². The fraction of sp³-hybridized carbons (Fsp3) is 0.600. The summed E-state index contributed by atoms with van der Waals surface area (Å²) in [5.74, 6) is 0.324.